The first-order valence-corrected chi connectivity index (χ1v) is 17.4. The van der Waals surface area contributed by atoms with Crippen LogP contribution in [0.1, 0.15) is 22.8 Å². The minimum absolute atomic E-state index is 0.883. The fraction of sp³-hybridized carbons (Fsp3) is 0. The van der Waals surface area contributed by atoms with E-state index in [1.807, 2.05) is 0 Å². The van der Waals surface area contributed by atoms with Crippen molar-refractivity contribution in [3.05, 3.63) is 166 Å². The van der Waals surface area contributed by atoms with Crippen LogP contribution in [0.15, 0.2) is 140 Å². The van der Waals surface area contributed by atoms with Gasteiger partial charge in [0.15, 0.2) is 0 Å². The van der Waals surface area contributed by atoms with E-state index in [4.69, 9.17) is 9.97 Å². The lowest BCUT2D eigenvalue weighted by molar-refractivity contribution is 1.27. The molecule has 7 aromatic rings. The number of halogens is 1. The molecule has 5 heteroatoms. The molecule has 0 aliphatic carbocycles. The van der Waals surface area contributed by atoms with Crippen LogP contribution in [0.2, 0.25) is 0 Å². The van der Waals surface area contributed by atoms with Gasteiger partial charge in [-0.05, 0) is 106 Å². The predicted octanol–water partition coefficient (Wildman–Crippen LogP) is 11.9. The number of aromatic nitrogens is 4. The molecule has 2 N–H and O–H groups in total. The Hall–Kier alpha value is -5.79. The van der Waals surface area contributed by atoms with Crippen molar-refractivity contribution >= 4 is 69.0 Å². The fourth-order valence-electron chi connectivity index (χ4n) is 6.85. The molecule has 0 unspecified atom stereocenters. The third kappa shape index (κ3) is 5.42. The summed E-state index contributed by atoms with van der Waals surface area (Å²) in [5.41, 5.74) is 16.2. The van der Waals surface area contributed by atoms with Crippen LogP contribution < -0.4 is 0 Å². The second-order valence-corrected chi connectivity index (χ2v) is 13.4. The zero-order valence-electron chi connectivity index (χ0n) is 26.4. The van der Waals surface area contributed by atoms with Gasteiger partial charge in [0.1, 0.15) is 0 Å². The van der Waals surface area contributed by atoms with Gasteiger partial charge >= 0.3 is 0 Å². The van der Waals surface area contributed by atoms with Crippen molar-refractivity contribution in [1.82, 2.24) is 19.9 Å². The molecule has 49 heavy (non-hydrogen) atoms. The van der Waals surface area contributed by atoms with Crippen molar-refractivity contribution in [1.29, 1.82) is 0 Å². The number of fused-ring (bicyclic) bond motifs is 8. The second-order valence-electron chi connectivity index (χ2n) is 12.1. The van der Waals surface area contributed by atoms with E-state index in [0.717, 1.165) is 89.4 Å². The Kier molecular flexibility index (Phi) is 7.39. The number of aromatic amines is 2. The summed E-state index contributed by atoms with van der Waals surface area (Å²) in [6.45, 7) is 0. The maximum Gasteiger partial charge on any atom is 0.0738 e. The van der Waals surface area contributed by atoms with Crippen molar-refractivity contribution in [2.24, 2.45) is 0 Å². The lowest BCUT2D eigenvalue weighted by Crippen LogP contribution is -1.91. The summed E-state index contributed by atoms with van der Waals surface area (Å²) in [6.07, 6.45) is 8.52. The van der Waals surface area contributed by atoms with Crippen molar-refractivity contribution in [2.75, 3.05) is 0 Å². The van der Waals surface area contributed by atoms with Gasteiger partial charge in [-0.25, -0.2) is 9.97 Å². The molecule has 4 nitrogen and oxygen atoms in total. The molecule has 3 aromatic heterocycles. The largest absolute Gasteiger partial charge is 0.354 e. The Morgan fingerprint density at radius 2 is 0.653 bits per heavy atom. The molecule has 0 saturated heterocycles. The fourth-order valence-corrected chi connectivity index (χ4v) is 7.21. The van der Waals surface area contributed by atoms with E-state index in [2.05, 4.69) is 196 Å². The molecule has 232 valence electrons. The van der Waals surface area contributed by atoms with Crippen molar-refractivity contribution < 1.29 is 0 Å². The summed E-state index contributed by atoms with van der Waals surface area (Å²) in [7, 11) is 0. The van der Waals surface area contributed by atoms with Gasteiger partial charge in [-0.1, -0.05) is 103 Å². The Labute approximate surface area is 297 Å². The molecule has 5 heterocycles. The summed E-state index contributed by atoms with van der Waals surface area (Å²) >= 11 is 2.36. The highest BCUT2D eigenvalue weighted by Gasteiger charge is 2.19. The third-order valence-electron chi connectivity index (χ3n) is 9.07. The minimum atomic E-state index is 0.883. The highest BCUT2D eigenvalue weighted by Crippen LogP contribution is 2.38. The highest BCUT2D eigenvalue weighted by atomic mass is 127. The van der Waals surface area contributed by atoms with E-state index in [1.165, 1.54) is 3.57 Å². The van der Waals surface area contributed by atoms with Crippen molar-refractivity contribution in [3.8, 4) is 44.5 Å². The molecular weight excluding hydrogens is 711 g/mol. The van der Waals surface area contributed by atoms with Gasteiger partial charge < -0.3 is 9.97 Å². The molecular formula is C44H29IN4. The van der Waals surface area contributed by atoms with Crippen LogP contribution in [-0.4, -0.2) is 19.9 Å². The van der Waals surface area contributed by atoms with Crippen LogP contribution >= 0.6 is 22.6 Å². The molecule has 2 aliphatic heterocycles. The molecule has 9 rings (SSSR count). The van der Waals surface area contributed by atoms with E-state index in [-0.39, 0.29) is 0 Å². The van der Waals surface area contributed by atoms with Gasteiger partial charge in [-0.15, -0.1) is 0 Å². The lowest BCUT2D eigenvalue weighted by atomic mass is 10.0. The first kappa shape index (κ1) is 29.4. The number of nitrogens with zero attached hydrogens (tertiary/aromatic N) is 2. The summed E-state index contributed by atoms with van der Waals surface area (Å²) in [4.78, 5) is 18.4. The molecule has 0 fully saturated rings. The Morgan fingerprint density at radius 3 is 1.06 bits per heavy atom. The molecule has 4 aromatic carbocycles. The minimum Gasteiger partial charge on any atom is -0.354 e. The van der Waals surface area contributed by atoms with Crippen molar-refractivity contribution in [3.63, 3.8) is 0 Å². The average molecular weight is 741 g/mol. The summed E-state index contributed by atoms with van der Waals surface area (Å²) in [6, 6.07) is 48.9. The normalized spacial score (nSPS) is 12.0. The first-order chi connectivity index (χ1) is 24.2. The van der Waals surface area contributed by atoms with Gasteiger partial charge in [-0.2, -0.15) is 0 Å². The number of hydrogen-bond donors (Lipinski definition) is 2. The van der Waals surface area contributed by atoms with Crippen LogP contribution in [0.5, 0.6) is 0 Å². The number of benzene rings is 4. The summed E-state index contributed by atoms with van der Waals surface area (Å²) in [5, 5.41) is 0. The van der Waals surface area contributed by atoms with Gasteiger partial charge in [0, 0.05) is 47.9 Å². The zero-order chi connectivity index (χ0) is 32.7. The highest BCUT2D eigenvalue weighted by molar-refractivity contribution is 14.1. The molecule has 2 aliphatic rings. The van der Waals surface area contributed by atoms with Crippen LogP contribution in [0, 0.1) is 3.57 Å². The van der Waals surface area contributed by atoms with Crippen LogP contribution in [-0.2, 0) is 0 Å². The first-order valence-electron chi connectivity index (χ1n) is 16.3. The third-order valence-corrected chi connectivity index (χ3v) is 9.79. The standard InChI is InChI=1S/C44H29IN4/c45-32-18-16-31(17-19-32)44-39-26-24-37(48-39)42(29-12-6-2-7-13-29)35-22-20-33(46-35)41(28-10-4-1-5-11-28)34-21-23-36(47-34)43(30-14-8-3-9-15-30)38-25-27-40(44)49-38/h1-27,46-47H. The van der Waals surface area contributed by atoms with E-state index in [9.17, 15) is 0 Å². The van der Waals surface area contributed by atoms with Crippen LogP contribution in [0.25, 0.3) is 90.9 Å². The summed E-state index contributed by atoms with van der Waals surface area (Å²) in [5.74, 6) is 0. The predicted molar refractivity (Wildman–Crippen MR) is 213 cm³/mol. The second kappa shape index (κ2) is 12.3. The molecule has 0 spiro atoms. The Bertz CT molecular complexity index is 2440. The molecule has 0 atom stereocenters. The van der Waals surface area contributed by atoms with Gasteiger partial charge in [-0.3, -0.25) is 0 Å². The SMILES string of the molecule is Ic1ccc(-c2c3nc(c(-c4ccccc4)c4ccc([nH]4)c(-c4ccccc4)c4ccc([nH]4)c(-c4ccccc4)c4nc2C=C4)C=C3)cc1. The average Bonchev–Trinajstić information content (AvgIpc) is 3.98. The van der Waals surface area contributed by atoms with E-state index in [1.54, 1.807) is 0 Å². The van der Waals surface area contributed by atoms with Crippen molar-refractivity contribution in [2.45, 2.75) is 0 Å². The molecule has 8 bridgehead atoms. The molecule has 0 saturated carbocycles. The number of H-pyrrole nitrogens is 2. The van der Waals surface area contributed by atoms with Gasteiger partial charge in [0.05, 0.1) is 22.8 Å². The number of nitrogens with one attached hydrogen (secondary N) is 2. The number of hydrogen-bond acceptors (Lipinski definition) is 2. The smallest absolute Gasteiger partial charge is 0.0738 e. The Balaban J connectivity index is 1.48. The van der Waals surface area contributed by atoms with Gasteiger partial charge in [0.25, 0.3) is 0 Å². The van der Waals surface area contributed by atoms with Gasteiger partial charge in [0.2, 0.25) is 0 Å². The van der Waals surface area contributed by atoms with E-state index >= 15 is 0 Å². The molecule has 0 radical (unpaired) electrons. The maximum absolute atomic E-state index is 5.36. The van der Waals surface area contributed by atoms with Crippen LogP contribution in [0.4, 0.5) is 0 Å². The monoisotopic (exact) mass is 740 g/mol. The lowest BCUT2D eigenvalue weighted by Gasteiger charge is -2.07. The van der Waals surface area contributed by atoms with E-state index < -0.39 is 0 Å². The summed E-state index contributed by atoms with van der Waals surface area (Å²) < 4.78 is 1.18. The topological polar surface area (TPSA) is 57.4 Å². The Morgan fingerprint density at radius 1 is 0.327 bits per heavy atom. The number of rotatable bonds is 4. The molecule has 0 amide bonds. The van der Waals surface area contributed by atoms with Crippen LogP contribution in [0.3, 0.4) is 0 Å². The maximum atomic E-state index is 5.36. The zero-order valence-corrected chi connectivity index (χ0v) is 28.5. The van der Waals surface area contributed by atoms with E-state index in [0.29, 0.717) is 0 Å². The quantitative estimate of drug-likeness (QED) is 0.177.